The van der Waals surface area contributed by atoms with Crippen LogP contribution in [-0.2, 0) is 6.42 Å². The van der Waals surface area contributed by atoms with Crippen LogP contribution < -0.4 is 4.74 Å². The van der Waals surface area contributed by atoms with E-state index in [1.54, 1.807) is 0 Å². The Morgan fingerprint density at radius 2 is 1.21 bits per heavy atom. The highest BCUT2D eigenvalue weighted by Gasteiger charge is 2.21. The summed E-state index contributed by atoms with van der Waals surface area (Å²) in [6.45, 7) is 5.32. The van der Waals surface area contributed by atoms with Gasteiger partial charge in [-0.25, -0.2) is 0 Å². The average molecular weight is 467 g/mol. The van der Waals surface area contributed by atoms with Gasteiger partial charge in [0, 0.05) is 0 Å². The second-order valence-corrected chi connectivity index (χ2v) is 11.6. The number of benzene rings is 1. The monoisotopic (exact) mass is 466 g/mol. The summed E-state index contributed by atoms with van der Waals surface area (Å²) in [4.78, 5) is 0. The third-order valence-electron chi connectivity index (χ3n) is 8.81. The summed E-state index contributed by atoms with van der Waals surface area (Å²) < 4.78 is 6.00. The van der Waals surface area contributed by atoms with Crippen LogP contribution in [0.4, 0.5) is 0 Å². The molecule has 0 N–H and O–H groups in total. The number of allylic oxidation sites excluding steroid dienone is 1. The minimum absolute atomic E-state index is 0.706. The molecule has 0 amide bonds. The predicted molar refractivity (Wildman–Crippen MR) is 149 cm³/mol. The lowest BCUT2D eigenvalue weighted by molar-refractivity contribution is 0.249. The van der Waals surface area contributed by atoms with Crippen LogP contribution in [0, 0.1) is 23.7 Å². The van der Waals surface area contributed by atoms with Gasteiger partial charge in [0.15, 0.2) is 0 Å². The number of hydrogen-bond acceptors (Lipinski definition) is 1. The number of rotatable bonds is 15. The van der Waals surface area contributed by atoms with Crippen LogP contribution >= 0.6 is 0 Å². The third-order valence-corrected chi connectivity index (χ3v) is 8.81. The Balaban J connectivity index is 1.25. The zero-order valence-corrected chi connectivity index (χ0v) is 22.6. The number of aryl methyl sites for hydroxylation is 1. The van der Waals surface area contributed by atoms with E-state index in [4.69, 9.17) is 4.74 Å². The summed E-state index contributed by atoms with van der Waals surface area (Å²) in [6, 6.07) is 8.93. The van der Waals surface area contributed by atoms with Crippen molar-refractivity contribution in [1.29, 1.82) is 0 Å². The summed E-state index contributed by atoms with van der Waals surface area (Å²) in [7, 11) is 0. The van der Waals surface area contributed by atoms with E-state index in [0.29, 0.717) is 6.61 Å². The van der Waals surface area contributed by atoms with Gasteiger partial charge in [0.05, 0.1) is 0 Å². The summed E-state index contributed by atoms with van der Waals surface area (Å²) in [5, 5.41) is 0. The van der Waals surface area contributed by atoms with Crippen molar-refractivity contribution in [2.24, 2.45) is 23.7 Å². The maximum Gasteiger partial charge on any atom is 0.119 e. The first-order valence-corrected chi connectivity index (χ1v) is 15.1. The molecule has 0 spiro atoms. The van der Waals surface area contributed by atoms with Crippen molar-refractivity contribution in [2.45, 2.75) is 129 Å². The average Bonchev–Trinajstić information content (AvgIpc) is 2.88. The fourth-order valence-electron chi connectivity index (χ4n) is 6.36. The lowest BCUT2D eigenvalue weighted by Gasteiger charge is -2.28. The minimum Gasteiger partial charge on any atom is -0.490 e. The van der Waals surface area contributed by atoms with Gasteiger partial charge in [0.25, 0.3) is 0 Å². The Kier molecular flexibility index (Phi) is 13.2. The molecule has 0 radical (unpaired) electrons. The molecule has 1 aromatic rings. The second kappa shape index (κ2) is 16.4. The lowest BCUT2D eigenvalue weighted by atomic mass is 9.78. The zero-order chi connectivity index (χ0) is 23.8. The van der Waals surface area contributed by atoms with Crippen molar-refractivity contribution in [2.75, 3.05) is 6.61 Å². The molecule has 0 heterocycles. The Labute approximate surface area is 212 Å². The fourth-order valence-corrected chi connectivity index (χ4v) is 6.36. The third kappa shape index (κ3) is 10.6. The predicted octanol–water partition coefficient (Wildman–Crippen LogP) is 10.3. The molecule has 0 aromatic heterocycles. The highest BCUT2D eigenvalue weighted by molar-refractivity contribution is 5.27. The van der Waals surface area contributed by atoms with E-state index >= 15 is 0 Å². The van der Waals surface area contributed by atoms with Crippen LogP contribution in [0.1, 0.15) is 129 Å². The normalized spacial score (nSPS) is 25.6. The number of ether oxygens (including phenoxy) is 1. The van der Waals surface area contributed by atoms with Gasteiger partial charge in [0.2, 0.25) is 0 Å². The molecule has 1 nitrogen and oxygen atoms in total. The van der Waals surface area contributed by atoms with Crippen molar-refractivity contribution >= 4 is 0 Å². The smallest absolute Gasteiger partial charge is 0.119 e. The van der Waals surface area contributed by atoms with E-state index in [9.17, 15) is 0 Å². The highest BCUT2D eigenvalue weighted by atomic mass is 16.5. The molecule has 1 aromatic carbocycles. The summed E-state index contributed by atoms with van der Waals surface area (Å²) in [5.41, 5.74) is 1.48. The molecule has 0 unspecified atom stereocenters. The fraction of sp³-hybridized carbons (Fsp3) is 0.758. The maximum atomic E-state index is 6.00. The van der Waals surface area contributed by atoms with Crippen molar-refractivity contribution in [3.05, 3.63) is 42.0 Å². The first-order valence-electron chi connectivity index (χ1n) is 15.1. The Hall–Kier alpha value is -1.24. The summed E-state index contributed by atoms with van der Waals surface area (Å²) in [6.07, 6.45) is 30.2. The SMILES string of the molecule is CCCCC[C@H]1CC[C@H](/C=C/COc2ccc(CC[C@H]3CC[C@H](CCCCC)CC3)cc2)CC1. The molecule has 2 aliphatic rings. The van der Waals surface area contributed by atoms with Crippen LogP contribution in [-0.4, -0.2) is 6.61 Å². The summed E-state index contributed by atoms with van der Waals surface area (Å²) in [5.74, 6) is 4.77. The van der Waals surface area contributed by atoms with Gasteiger partial charge >= 0.3 is 0 Å². The Bertz CT molecular complexity index is 644. The molecule has 1 heteroatoms. The van der Waals surface area contributed by atoms with E-state index in [2.05, 4.69) is 50.3 Å². The van der Waals surface area contributed by atoms with Gasteiger partial charge in [-0.2, -0.15) is 0 Å². The van der Waals surface area contributed by atoms with Crippen LogP contribution in [0.3, 0.4) is 0 Å². The van der Waals surface area contributed by atoms with Crippen LogP contribution in [0.5, 0.6) is 5.75 Å². The van der Waals surface area contributed by atoms with Gasteiger partial charge in [-0.3, -0.25) is 0 Å². The molecule has 34 heavy (non-hydrogen) atoms. The van der Waals surface area contributed by atoms with E-state index < -0.39 is 0 Å². The number of hydrogen-bond donors (Lipinski definition) is 0. The molecule has 0 aliphatic heterocycles. The quantitative estimate of drug-likeness (QED) is 0.184. The highest BCUT2D eigenvalue weighted by Crippen LogP contribution is 2.35. The van der Waals surface area contributed by atoms with E-state index in [0.717, 1.165) is 29.4 Å². The second-order valence-electron chi connectivity index (χ2n) is 11.6. The van der Waals surface area contributed by atoms with E-state index in [1.807, 2.05) is 0 Å². The van der Waals surface area contributed by atoms with Crippen molar-refractivity contribution < 1.29 is 4.74 Å². The molecule has 0 saturated heterocycles. The molecule has 2 saturated carbocycles. The number of unbranched alkanes of at least 4 members (excludes halogenated alkanes) is 4. The topological polar surface area (TPSA) is 9.23 Å². The maximum absolute atomic E-state index is 6.00. The van der Waals surface area contributed by atoms with Crippen LogP contribution in [0.2, 0.25) is 0 Å². The zero-order valence-electron chi connectivity index (χ0n) is 22.6. The summed E-state index contributed by atoms with van der Waals surface area (Å²) >= 11 is 0. The minimum atomic E-state index is 0.706. The first-order chi connectivity index (χ1) is 16.8. The molecule has 0 bridgehead atoms. The largest absolute Gasteiger partial charge is 0.490 e. The van der Waals surface area contributed by atoms with Gasteiger partial charge < -0.3 is 4.74 Å². The van der Waals surface area contributed by atoms with Crippen molar-refractivity contribution in [3.63, 3.8) is 0 Å². The molecule has 3 rings (SSSR count). The Morgan fingerprint density at radius 1 is 0.676 bits per heavy atom. The van der Waals surface area contributed by atoms with Crippen LogP contribution in [0.15, 0.2) is 36.4 Å². The van der Waals surface area contributed by atoms with E-state index in [-0.39, 0.29) is 0 Å². The van der Waals surface area contributed by atoms with E-state index in [1.165, 1.54) is 121 Å². The van der Waals surface area contributed by atoms with Gasteiger partial charge in [-0.1, -0.05) is 115 Å². The molecular weight excluding hydrogens is 412 g/mol. The first kappa shape index (κ1) is 27.3. The molecule has 2 fully saturated rings. The molecule has 0 atom stereocenters. The standard InChI is InChI=1S/C33H54O/c1-3-5-7-10-28-13-15-30(16-14-28)12-9-27-34-33-25-23-32(24-26-33)22-21-31-19-17-29(18-20-31)11-8-6-4-2/h9,12,23-26,28-31H,3-8,10-11,13-22,27H2,1-2H3/b12-9+/t28-,29-,30-,31-. The Morgan fingerprint density at radius 3 is 1.76 bits per heavy atom. The van der Waals surface area contributed by atoms with Crippen molar-refractivity contribution in [1.82, 2.24) is 0 Å². The van der Waals surface area contributed by atoms with Gasteiger partial charge in [0.1, 0.15) is 12.4 Å². The molecule has 192 valence electrons. The van der Waals surface area contributed by atoms with Crippen molar-refractivity contribution in [3.8, 4) is 5.75 Å². The lowest BCUT2D eigenvalue weighted by Crippen LogP contribution is -2.15. The van der Waals surface area contributed by atoms with Gasteiger partial charge in [-0.05, 0) is 79.9 Å². The van der Waals surface area contributed by atoms with Gasteiger partial charge in [-0.15, -0.1) is 0 Å². The van der Waals surface area contributed by atoms with Crippen LogP contribution in [0.25, 0.3) is 0 Å². The molecular formula is C33H54O. The molecule has 2 aliphatic carbocycles.